The highest BCUT2D eigenvalue weighted by atomic mass is 19.1. The van der Waals surface area contributed by atoms with Crippen molar-refractivity contribution in [1.82, 2.24) is 0 Å². The number of hydrogen-bond acceptors (Lipinski definition) is 4. The molecule has 3 rings (SSSR count). The smallest absolute Gasteiger partial charge is 0.235 e. The number of alkyl halides is 1. The molecule has 0 bridgehead atoms. The van der Waals surface area contributed by atoms with Crippen molar-refractivity contribution in [2.45, 2.75) is 44.3 Å². The Labute approximate surface area is 123 Å². The van der Waals surface area contributed by atoms with Crippen molar-refractivity contribution in [2.75, 3.05) is 13.2 Å². The minimum Gasteiger partial charge on any atom is -0.486 e. The Bertz CT molecular complexity index is 611. The van der Waals surface area contributed by atoms with Crippen molar-refractivity contribution in [2.24, 2.45) is 4.99 Å². The highest BCUT2D eigenvalue weighted by Gasteiger charge is 2.43. The molecule has 0 N–H and O–H groups in total. The lowest BCUT2D eigenvalue weighted by molar-refractivity contribution is 0.157. The summed E-state index contributed by atoms with van der Waals surface area (Å²) < 4.78 is 25.7. The van der Waals surface area contributed by atoms with E-state index in [9.17, 15) is 9.18 Å². The van der Waals surface area contributed by atoms with Crippen molar-refractivity contribution in [3.8, 4) is 11.5 Å². The van der Waals surface area contributed by atoms with Crippen molar-refractivity contribution in [1.29, 1.82) is 0 Å². The van der Waals surface area contributed by atoms with Gasteiger partial charge >= 0.3 is 0 Å². The first kappa shape index (κ1) is 14.1. The van der Waals surface area contributed by atoms with Gasteiger partial charge in [-0.25, -0.2) is 9.18 Å². The largest absolute Gasteiger partial charge is 0.486 e. The van der Waals surface area contributed by atoms with Crippen LogP contribution in [0.15, 0.2) is 17.1 Å². The van der Waals surface area contributed by atoms with Gasteiger partial charge in [0.25, 0.3) is 0 Å². The molecule has 4 nitrogen and oxygen atoms in total. The number of aliphatic imine (C=N–C) groups is 1. The summed E-state index contributed by atoms with van der Waals surface area (Å²) in [5, 5.41) is 0. The number of isocyanates is 1. The third kappa shape index (κ3) is 2.32. The minimum atomic E-state index is -1.50. The monoisotopic (exact) mass is 291 g/mol. The van der Waals surface area contributed by atoms with E-state index in [0.717, 1.165) is 24.8 Å². The molecule has 0 saturated heterocycles. The first-order valence-corrected chi connectivity index (χ1v) is 7.19. The van der Waals surface area contributed by atoms with Crippen LogP contribution in [0, 0.1) is 0 Å². The molecule has 1 aromatic rings. The molecular formula is C16H18FNO3. The number of ether oxygens (including phenoxy) is 2. The third-order valence-electron chi connectivity index (χ3n) is 4.27. The maximum Gasteiger partial charge on any atom is 0.235 e. The predicted molar refractivity (Wildman–Crippen MR) is 75.2 cm³/mol. The van der Waals surface area contributed by atoms with E-state index in [1.807, 2.05) is 0 Å². The summed E-state index contributed by atoms with van der Waals surface area (Å²) in [6.45, 7) is 3.88. The topological polar surface area (TPSA) is 47.9 Å². The van der Waals surface area contributed by atoms with Crippen molar-refractivity contribution in [3.63, 3.8) is 0 Å². The van der Waals surface area contributed by atoms with Gasteiger partial charge in [0.1, 0.15) is 24.4 Å². The van der Waals surface area contributed by atoms with Gasteiger partial charge in [0, 0.05) is 5.56 Å². The Morgan fingerprint density at radius 2 is 2.00 bits per heavy atom. The molecule has 0 spiro atoms. The maximum atomic E-state index is 14.4. The van der Waals surface area contributed by atoms with Crippen LogP contribution < -0.4 is 9.47 Å². The quantitative estimate of drug-likeness (QED) is 0.633. The van der Waals surface area contributed by atoms with E-state index in [2.05, 4.69) is 4.99 Å². The molecule has 0 aromatic heterocycles. The SMILES string of the molecule is CC(C)(F)c1cc2c(c(C3(N=C=O)CCC3)c1)OCCO2. The van der Waals surface area contributed by atoms with Gasteiger partial charge in [0.05, 0.1) is 0 Å². The summed E-state index contributed by atoms with van der Waals surface area (Å²) in [6.07, 6.45) is 4.12. The third-order valence-corrected chi connectivity index (χ3v) is 4.27. The molecule has 1 saturated carbocycles. The van der Waals surface area contributed by atoms with E-state index >= 15 is 0 Å². The van der Waals surface area contributed by atoms with E-state index in [1.165, 1.54) is 13.8 Å². The summed E-state index contributed by atoms with van der Waals surface area (Å²) in [4.78, 5) is 14.8. The van der Waals surface area contributed by atoms with Crippen LogP contribution in [0.5, 0.6) is 11.5 Å². The summed E-state index contributed by atoms with van der Waals surface area (Å²) >= 11 is 0. The van der Waals surface area contributed by atoms with Gasteiger partial charge in [-0.05, 0) is 50.8 Å². The van der Waals surface area contributed by atoms with E-state index in [-0.39, 0.29) is 0 Å². The molecule has 1 aliphatic carbocycles. The Hall–Kier alpha value is -1.87. The predicted octanol–water partition coefficient (Wildman–Crippen LogP) is 3.38. The highest BCUT2D eigenvalue weighted by Crippen LogP contribution is 2.52. The van der Waals surface area contributed by atoms with Crippen LogP contribution in [0.3, 0.4) is 0 Å². The van der Waals surface area contributed by atoms with Crippen molar-refractivity contribution in [3.05, 3.63) is 23.3 Å². The number of hydrogen-bond donors (Lipinski definition) is 0. The normalized spacial score (nSPS) is 19.4. The molecule has 0 atom stereocenters. The van der Waals surface area contributed by atoms with Gasteiger partial charge in [-0.2, -0.15) is 4.99 Å². The summed E-state index contributed by atoms with van der Waals surface area (Å²) in [5.41, 5.74) is -0.877. The molecule has 1 fully saturated rings. The van der Waals surface area contributed by atoms with E-state index in [4.69, 9.17) is 9.47 Å². The maximum absolute atomic E-state index is 14.4. The second-order valence-corrected chi connectivity index (χ2v) is 6.11. The van der Waals surface area contributed by atoms with Crippen LogP contribution in [-0.4, -0.2) is 19.3 Å². The van der Waals surface area contributed by atoms with Crippen LogP contribution in [0.2, 0.25) is 0 Å². The fourth-order valence-electron chi connectivity index (χ4n) is 2.88. The minimum absolute atomic E-state index is 0.437. The summed E-state index contributed by atoms with van der Waals surface area (Å²) in [7, 11) is 0. The Balaban J connectivity index is 2.20. The first-order valence-electron chi connectivity index (χ1n) is 7.19. The zero-order chi connectivity index (χ0) is 15.1. The fraction of sp³-hybridized carbons (Fsp3) is 0.562. The molecule has 21 heavy (non-hydrogen) atoms. The molecule has 2 aliphatic rings. The van der Waals surface area contributed by atoms with Gasteiger partial charge < -0.3 is 9.47 Å². The molecule has 5 heteroatoms. The zero-order valence-corrected chi connectivity index (χ0v) is 12.2. The standard InChI is InChI=1S/C16H18FNO3/c1-15(2,17)11-8-12(16(18-10-19)4-3-5-16)14-13(9-11)20-6-7-21-14/h8-9H,3-7H2,1-2H3. The van der Waals surface area contributed by atoms with Crippen LogP contribution in [0.4, 0.5) is 4.39 Å². The number of nitrogens with zero attached hydrogens (tertiary/aromatic N) is 1. The Kier molecular flexibility index (Phi) is 3.25. The second kappa shape index (κ2) is 4.85. The molecule has 0 amide bonds. The lowest BCUT2D eigenvalue weighted by Gasteiger charge is -2.39. The van der Waals surface area contributed by atoms with Crippen LogP contribution >= 0.6 is 0 Å². The van der Waals surface area contributed by atoms with Crippen molar-refractivity contribution >= 4 is 6.08 Å². The first-order chi connectivity index (χ1) is 9.96. The average molecular weight is 291 g/mol. The average Bonchev–Trinajstić information content (AvgIpc) is 2.41. The number of rotatable bonds is 3. The molecule has 1 heterocycles. The molecular weight excluding hydrogens is 273 g/mol. The molecule has 0 radical (unpaired) electrons. The number of carbonyl (C=O) groups excluding carboxylic acids is 1. The van der Waals surface area contributed by atoms with Gasteiger partial charge in [-0.15, -0.1) is 0 Å². The lowest BCUT2D eigenvalue weighted by atomic mass is 9.71. The zero-order valence-electron chi connectivity index (χ0n) is 12.2. The van der Waals surface area contributed by atoms with E-state index in [0.29, 0.717) is 30.3 Å². The number of benzene rings is 1. The van der Waals surface area contributed by atoms with Gasteiger partial charge in [0.2, 0.25) is 6.08 Å². The lowest BCUT2D eigenvalue weighted by Crippen LogP contribution is -2.34. The van der Waals surface area contributed by atoms with Gasteiger partial charge in [-0.1, -0.05) is 0 Å². The van der Waals surface area contributed by atoms with Crippen LogP contribution in [-0.2, 0) is 16.0 Å². The van der Waals surface area contributed by atoms with E-state index in [1.54, 1.807) is 18.2 Å². The summed E-state index contributed by atoms with van der Waals surface area (Å²) in [5.74, 6) is 1.12. The molecule has 1 aromatic carbocycles. The van der Waals surface area contributed by atoms with Gasteiger partial charge in [0.15, 0.2) is 11.5 Å². The molecule has 1 aliphatic heterocycles. The molecule has 0 unspecified atom stereocenters. The molecule has 112 valence electrons. The Morgan fingerprint density at radius 3 is 2.57 bits per heavy atom. The summed E-state index contributed by atoms with van der Waals surface area (Å²) in [6, 6.07) is 3.43. The number of fused-ring (bicyclic) bond motifs is 1. The fourth-order valence-corrected chi connectivity index (χ4v) is 2.88. The van der Waals surface area contributed by atoms with Crippen LogP contribution in [0.25, 0.3) is 0 Å². The number of halogens is 1. The highest BCUT2D eigenvalue weighted by molar-refractivity contribution is 5.56. The van der Waals surface area contributed by atoms with E-state index < -0.39 is 11.2 Å². The Morgan fingerprint density at radius 1 is 1.29 bits per heavy atom. The van der Waals surface area contributed by atoms with Crippen molar-refractivity contribution < 1.29 is 18.7 Å². The van der Waals surface area contributed by atoms with Crippen LogP contribution in [0.1, 0.15) is 44.2 Å². The van der Waals surface area contributed by atoms with Gasteiger partial charge in [-0.3, -0.25) is 0 Å². The second-order valence-electron chi connectivity index (χ2n) is 6.11.